The molecule has 1 fully saturated rings. The van der Waals surface area contributed by atoms with E-state index in [9.17, 15) is 14.7 Å². The number of carboxylic acid groups (broad SMARTS) is 1. The zero-order chi connectivity index (χ0) is 17.0. The summed E-state index contributed by atoms with van der Waals surface area (Å²) in [5.74, 6) is -0.733. The standard InChI is InChI=1S/C17H22ClNO4/c1-11-8-13(14(23-2)9-12(11)18)19-15(20)10-17(16(21)22)6-4-3-5-7-17/h8-9H,3-7,10H2,1-2H3,(H,19,20)(H,21,22). The molecule has 126 valence electrons. The van der Waals surface area contributed by atoms with Gasteiger partial charge in [0.1, 0.15) is 5.75 Å². The number of rotatable bonds is 5. The van der Waals surface area contributed by atoms with Gasteiger partial charge in [-0.1, -0.05) is 30.9 Å². The molecule has 23 heavy (non-hydrogen) atoms. The first kappa shape index (κ1) is 17.6. The molecule has 0 saturated heterocycles. The summed E-state index contributed by atoms with van der Waals surface area (Å²) in [6.45, 7) is 1.83. The van der Waals surface area contributed by atoms with Crippen molar-refractivity contribution in [2.24, 2.45) is 5.41 Å². The highest BCUT2D eigenvalue weighted by molar-refractivity contribution is 6.31. The van der Waals surface area contributed by atoms with E-state index in [0.29, 0.717) is 29.3 Å². The normalized spacial score (nSPS) is 16.7. The van der Waals surface area contributed by atoms with E-state index < -0.39 is 11.4 Å². The largest absolute Gasteiger partial charge is 0.495 e. The highest BCUT2D eigenvalue weighted by atomic mass is 35.5. The van der Waals surface area contributed by atoms with Crippen molar-refractivity contribution in [2.75, 3.05) is 12.4 Å². The van der Waals surface area contributed by atoms with Crippen LogP contribution in [0.15, 0.2) is 12.1 Å². The Bertz CT molecular complexity index is 609. The van der Waals surface area contributed by atoms with Gasteiger partial charge in [-0.3, -0.25) is 9.59 Å². The number of halogens is 1. The van der Waals surface area contributed by atoms with Gasteiger partial charge in [0.15, 0.2) is 0 Å². The summed E-state index contributed by atoms with van der Waals surface area (Å²) in [6, 6.07) is 3.37. The highest BCUT2D eigenvalue weighted by Crippen LogP contribution is 2.40. The second-order valence-corrected chi connectivity index (χ2v) is 6.58. The lowest BCUT2D eigenvalue weighted by Gasteiger charge is -2.32. The average Bonchev–Trinajstić information content (AvgIpc) is 2.51. The Morgan fingerprint density at radius 2 is 1.96 bits per heavy atom. The molecule has 0 radical (unpaired) electrons. The molecule has 0 heterocycles. The van der Waals surface area contributed by atoms with Crippen LogP contribution in [0.5, 0.6) is 5.75 Å². The van der Waals surface area contributed by atoms with Crippen LogP contribution >= 0.6 is 11.6 Å². The number of carbonyl (C=O) groups is 2. The van der Waals surface area contributed by atoms with E-state index >= 15 is 0 Å². The minimum atomic E-state index is -0.947. The molecule has 1 aliphatic rings. The van der Waals surface area contributed by atoms with Crippen molar-refractivity contribution in [3.05, 3.63) is 22.7 Å². The minimum Gasteiger partial charge on any atom is -0.495 e. The Kier molecular flexibility index (Phi) is 5.52. The smallest absolute Gasteiger partial charge is 0.310 e. The molecule has 1 amide bonds. The molecular weight excluding hydrogens is 318 g/mol. The minimum absolute atomic E-state index is 0.0207. The van der Waals surface area contributed by atoms with Crippen LogP contribution in [0.4, 0.5) is 5.69 Å². The van der Waals surface area contributed by atoms with Gasteiger partial charge in [-0.25, -0.2) is 0 Å². The molecule has 1 saturated carbocycles. The van der Waals surface area contributed by atoms with Crippen LogP contribution in [0.1, 0.15) is 44.1 Å². The number of hydrogen-bond donors (Lipinski definition) is 2. The summed E-state index contributed by atoms with van der Waals surface area (Å²) in [4.78, 5) is 24.1. The van der Waals surface area contributed by atoms with Gasteiger partial charge in [-0.2, -0.15) is 0 Å². The topological polar surface area (TPSA) is 75.6 Å². The van der Waals surface area contributed by atoms with E-state index in [2.05, 4.69) is 5.32 Å². The Morgan fingerprint density at radius 1 is 1.30 bits per heavy atom. The first-order chi connectivity index (χ1) is 10.9. The number of anilines is 1. The summed E-state index contributed by atoms with van der Waals surface area (Å²) in [6.07, 6.45) is 3.80. The van der Waals surface area contributed by atoms with E-state index in [1.54, 1.807) is 12.1 Å². The summed E-state index contributed by atoms with van der Waals surface area (Å²) in [5, 5.41) is 12.9. The summed E-state index contributed by atoms with van der Waals surface area (Å²) >= 11 is 6.05. The Hall–Kier alpha value is -1.75. The summed E-state index contributed by atoms with van der Waals surface area (Å²) in [5.41, 5.74) is 0.376. The number of hydrogen-bond acceptors (Lipinski definition) is 3. The van der Waals surface area contributed by atoms with Crippen LogP contribution in [0.3, 0.4) is 0 Å². The first-order valence-electron chi connectivity index (χ1n) is 7.75. The third-order valence-corrected chi connectivity index (χ3v) is 4.93. The van der Waals surface area contributed by atoms with Gasteiger partial charge < -0.3 is 15.2 Å². The molecular formula is C17H22ClNO4. The van der Waals surface area contributed by atoms with Crippen LogP contribution < -0.4 is 10.1 Å². The maximum absolute atomic E-state index is 12.4. The van der Waals surface area contributed by atoms with Gasteiger partial charge in [0.2, 0.25) is 5.91 Å². The number of nitrogens with one attached hydrogen (secondary N) is 1. The Balaban J connectivity index is 2.15. The average molecular weight is 340 g/mol. The zero-order valence-electron chi connectivity index (χ0n) is 13.4. The van der Waals surface area contributed by atoms with E-state index in [1.807, 2.05) is 6.92 Å². The number of ether oxygens (including phenoxy) is 1. The van der Waals surface area contributed by atoms with E-state index in [1.165, 1.54) is 7.11 Å². The zero-order valence-corrected chi connectivity index (χ0v) is 14.2. The van der Waals surface area contributed by atoms with Crippen molar-refractivity contribution in [3.8, 4) is 5.75 Å². The number of carbonyl (C=O) groups excluding carboxylic acids is 1. The van der Waals surface area contributed by atoms with Crippen molar-refractivity contribution < 1.29 is 19.4 Å². The lowest BCUT2D eigenvalue weighted by Crippen LogP contribution is -2.37. The fourth-order valence-electron chi connectivity index (χ4n) is 3.13. The van der Waals surface area contributed by atoms with Crippen molar-refractivity contribution in [1.29, 1.82) is 0 Å². The number of amides is 1. The SMILES string of the molecule is COc1cc(Cl)c(C)cc1NC(=O)CC1(C(=O)O)CCCCC1. The summed E-state index contributed by atoms with van der Waals surface area (Å²) < 4.78 is 5.23. The molecule has 5 nitrogen and oxygen atoms in total. The lowest BCUT2D eigenvalue weighted by atomic mass is 9.71. The fraction of sp³-hybridized carbons (Fsp3) is 0.529. The van der Waals surface area contributed by atoms with Crippen LogP contribution in [0.2, 0.25) is 5.02 Å². The van der Waals surface area contributed by atoms with Gasteiger partial charge in [-0.15, -0.1) is 0 Å². The molecule has 0 atom stereocenters. The molecule has 1 aliphatic carbocycles. The monoisotopic (exact) mass is 339 g/mol. The molecule has 0 bridgehead atoms. The molecule has 0 unspecified atom stereocenters. The fourth-order valence-corrected chi connectivity index (χ4v) is 3.28. The second-order valence-electron chi connectivity index (χ2n) is 6.17. The van der Waals surface area contributed by atoms with Gasteiger partial charge in [0.25, 0.3) is 0 Å². The van der Waals surface area contributed by atoms with E-state index in [4.69, 9.17) is 16.3 Å². The molecule has 1 aromatic carbocycles. The van der Waals surface area contributed by atoms with Gasteiger partial charge in [-0.05, 0) is 31.4 Å². The van der Waals surface area contributed by atoms with Gasteiger partial charge in [0, 0.05) is 17.5 Å². The van der Waals surface area contributed by atoms with Gasteiger partial charge >= 0.3 is 5.97 Å². The third-order valence-electron chi connectivity index (χ3n) is 4.52. The molecule has 0 spiro atoms. The molecule has 0 aromatic heterocycles. The van der Waals surface area contributed by atoms with Crippen LogP contribution in [-0.2, 0) is 9.59 Å². The lowest BCUT2D eigenvalue weighted by molar-refractivity contribution is -0.153. The molecule has 6 heteroatoms. The van der Waals surface area contributed by atoms with Crippen LogP contribution in [-0.4, -0.2) is 24.1 Å². The van der Waals surface area contributed by atoms with Crippen LogP contribution in [0.25, 0.3) is 0 Å². The number of benzene rings is 1. The van der Waals surface area contributed by atoms with Crippen LogP contribution in [0, 0.1) is 12.3 Å². The van der Waals surface area contributed by atoms with Gasteiger partial charge in [0.05, 0.1) is 18.2 Å². The Morgan fingerprint density at radius 3 is 2.52 bits per heavy atom. The molecule has 2 N–H and O–H groups in total. The first-order valence-corrected chi connectivity index (χ1v) is 8.13. The van der Waals surface area contributed by atoms with Crippen molar-refractivity contribution in [3.63, 3.8) is 0 Å². The third kappa shape index (κ3) is 3.96. The Labute approximate surface area is 141 Å². The predicted octanol–water partition coefficient (Wildman–Crippen LogP) is 4.02. The van der Waals surface area contributed by atoms with E-state index in [-0.39, 0.29) is 12.3 Å². The molecule has 2 rings (SSSR count). The number of aryl methyl sites for hydroxylation is 1. The highest BCUT2D eigenvalue weighted by Gasteiger charge is 2.41. The molecule has 0 aliphatic heterocycles. The second kappa shape index (κ2) is 7.21. The quantitative estimate of drug-likeness (QED) is 0.849. The number of carboxylic acids is 1. The van der Waals surface area contributed by atoms with E-state index in [0.717, 1.165) is 24.8 Å². The maximum Gasteiger partial charge on any atom is 0.310 e. The molecule has 1 aromatic rings. The number of methoxy groups -OCH3 is 1. The number of aliphatic carboxylic acids is 1. The van der Waals surface area contributed by atoms with Crippen molar-refractivity contribution in [1.82, 2.24) is 0 Å². The maximum atomic E-state index is 12.4. The van der Waals surface area contributed by atoms with Crippen molar-refractivity contribution >= 4 is 29.2 Å². The predicted molar refractivity (Wildman–Crippen MR) is 89.1 cm³/mol. The summed E-state index contributed by atoms with van der Waals surface area (Å²) in [7, 11) is 1.50. The van der Waals surface area contributed by atoms with Crippen molar-refractivity contribution in [2.45, 2.75) is 45.4 Å².